The molecule has 0 aliphatic heterocycles. The molecule has 0 saturated heterocycles. The van der Waals surface area contributed by atoms with Crippen LogP contribution in [0.25, 0.3) is 0 Å². The van der Waals surface area contributed by atoms with Crippen LogP contribution in [0.4, 0.5) is 0 Å². The first-order chi connectivity index (χ1) is 13.6. The van der Waals surface area contributed by atoms with Crippen LogP contribution in [0.1, 0.15) is 45.4 Å². The fraction of sp³-hybridized carbons (Fsp3) is 0.900. The highest BCUT2D eigenvalue weighted by molar-refractivity contribution is 5.69. The van der Waals surface area contributed by atoms with Crippen molar-refractivity contribution in [1.82, 2.24) is 10.2 Å². The number of esters is 2. The Hall–Kier alpha value is -1.22. The second-order valence-electron chi connectivity index (χ2n) is 6.60. The van der Waals surface area contributed by atoms with Crippen LogP contribution in [-0.4, -0.2) is 90.2 Å². The summed E-state index contributed by atoms with van der Waals surface area (Å²) in [6.45, 7) is 7.72. The maximum atomic E-state index is 11.6. The van der Waals surface area contributed by atoms with Crippen LogP contribution in [0.15, 0.2) is 0 Å². The van der Waals surface area contributed by atoms with Crippen molar-refractivity contribution in [1.29, 1.82) is 0 Å². The molecule has 0 aromatic heterocycles. The van der Waals surface area contributed by atoms with Crippen molar-refractivity contribution in [3.8, 4) is 0 Å². The maximum Gasteiger partial charge on any atom is 0.307 e. The highest BCUT2D eigenvalue weighted by atomic mass is 16.5. The molecule has 0 unspecified atom stereocenters. The van der Waals surface area contributed by atoms with E-state index >= 15 is 0 Å². The first kappa shape index (κ1) is 26.8. The average Bonchev–Trinajstić information content (AvgIpc) is 2.69. The number of carbonyl (C=O) groups is 2. The predicted molar refractivity (Wildman–Crippen MR) is 108 cm³/mol. The summed E-state index contributed by atoms with van der Waals surface area (Å²) >= 11 is 0. The second kappa shape index (κ2) is 20.5. The zero-order chi connectivity index (χ0) is 20.9. The summed E-state index contributed by atoms with van der Waals surface area (Å²) in [7, 11) is 3.62. The van der Waals surface area contributed by atoms with Gasteiger partial charge in [-0.3, -0.25) is 9.59 Å². The Morgan fingerprint density at radius 1 is 0.821 bits per heavy atom. The number of ether oxygens (including phenoxy) is 4. The SMILES string of the molecule is CCOCCNCCC(=O)OCCCCCCOC(=O)CCN(C)CCOC. The van der Waals surface area contributed by atoms with Crippen LogP contribution in [0, 0.1) is 0 Å². The van der Waals surface area contributed by atoms with Gasteiger partial charge in [0.2, 0.25) is 0 Å². The zero-order valence-electron chi connectivity index (χ0n) is 18.0. The van der Waals surface area contributed by atoms with E-state index in [1.165, 1.54) is 0 Å². The lowest BCUT2D eigenvalue weighted by Gasteiger charge is -2.15. The molecule has 1 N–H and O–H groups in total. The summed E-state index contributed by atoms with van der Waals surface area (Å²) in [6.07, 6.45) is 4.36. The molecule has 0 aromatic carbocycles. The summed E-state index contributed by atoms with van der Waals surface area (Å²) in [4.78, 5) is 25.2. The minimum absolute atomic E-state index is 0.159. The van der Waals surface area contributed by atoms with Crippen molar-refractivity contribution >= 4 is 11.9 Å². The van der Waals surface area contributed by atoms with E-state index in [1.807, 2.05) is 18.9 Å². The molecule has 166 valence electrons. The van der Waals surface area contributed by atoms with Crippen LogP contribution in [0.5, 0.6) is 0 Å². The van der Waals surface area contributed by atoms with Gasteiger partial charge in [0.25, 0.3) is 0 Å². The third-order valence-electron chi connectivity index (χ3n) is 4.07. The lowest BCUT2D eigenvalue weighted by molar-refractivity contribution is -0.145. The first-order valence-electron chi connectivity index (χ1n) is 10.4. The third kappa shape index (κ3) is 19.5. The maximum absolute atomic E-state index is 11.6. The molecule has 0 aromatic rings. The zero-order valence-corrected chi connectivity index (χ0v) is 18.0. The lowest BCUT2D eigenvalue weighted by Crippen LogP contribution is -2.26. The van der Waals surface area contributed by atoms with Gasteiger partial charge in [-0.25, -0.2) is 0 Å². The summed E-state index contributed by atoms with van der Waals surface area (Å²) in [5, 5.41) is 3.13. The molecule has 0 radical (unpaired) electrons. The number of likely N-dealkylation sites (N-methyl/N-ethyl adjacent to an activating group) is 1. The Balaban J connectivity index is 3.34. The first-order valence-corrected chi connectivity index (χ1v) is 10.4. The van der Waals surface area contributed by atoms with Gasteiger partial charge in [-0.2, -0.15) is 0 Å². The van der Waals surface area contributed by atoms with Crippen molar-refractivity contribution in [3.63, 3.8) is 0 Å². The highest BCUT2D eigenvalue weighted by Crippen LogP contribution is 2.02. The van der Waals surface area contributed by atoms with E-state index in [2.05, 4.69) is 5.32 Å². The minimum Gasteiger partial charge on any atom is -0.466 e. The Bertz CT molecular complexity index is 382. The summed E-state index contributed by atoms with van der Waals surface area (Å²) in [5.41, 5.74) is 0. The molecule has 8 nitrogen and oxygen atoms in total. The second-order valence-corrected chi connectivity index (χ2v) is 6.60. The van der Waals surface area contributed by atoms with E-state index in [0.717, 1.165) is 38.8 Å². The molecule has 0 saturated carbocycles. The van der Waals surface area contributed by atoms with Crippen LogP contribution in [-0.2, 0) is 28.5 Å². The van der Waals surface area contributed by atoms with Crippen molar-refractivity contribution in [2.24, 2.45) is 0 Å². The van der Waals surface area contributed by atoms with Crippen molar-refractivity contribution < 1.29 is 28.5 Å². The van der Waals surface area contributed by atoms with Gasteiger partial charge in [-0.15, -0.1) is 0 Å². The Morgan fingerprint density at radius 2 is 1.46 bits per heavy atom. The normalized spacial score (nSPS) is 11.0. The molecular weight excluding hydrogens is 364 g/mol. The standard InChI is InChI=1S/C20H40N2O6/c1-4-26-17-12-21-11-9-19(23)27-15-7-5-6-8-16-28-20(24)10-13-22(2)14-18-25-3/h21H,4-18H2,1-3H3. The van der Waals surface area contributed by atoms with E-state index in [9.17, 15) is 9.59 Å². The molecule has 0 rings (SSSR count). The predicted octanol–water partition coefficient (Wildman–Crippen LogP) is 1.62. The van der Waals surface area contributed by atoms with Gasteiger partial charge in [0, 0.05) is 39.9 Å². The number of unbranched alkanes of at least 4 members (excludes halogenated alkanes) is 3. The molecular formula is C20H40N2O6. The van der Waals surface area contributed by atoms with E-state index in [4.69, 9.17) is 18.9 Å². The molecule has 0 amide bonds. The van der Waals surface area contributed by atoms with Crippen LogP contribution >= 0.6 is 0 Å². The third-order valence-corrected chi connectivity index (χ3v) is 4.07. The Kier molecular flexibility index (Phi) is 19.6. The van der Waals surface area contributed by atoms with Gasteiger partial charge in [0.05, 0.1) is 39.3 Å². The molecule has 0 atom stereocenters. The molecule has 0 heterocycles. The van der Waals surface area contributed by atoms with Gasteiger partial charge in [0.1, 0.15) is 0 Å². The van der Waals surface area contributed by atoms with Gasteiger partial charge in [0.15, 0.2) is 0 Å². The molecule has 28 heavy (non-hydrogen) atoms. The van der Waals surface area contributed by atoms with Crippen molar-refractivity contribution in [2.45, 2.75) is 45.4 Å². The van der Waals surface area contributed by atoms with E-state index < -0.39 is 0 Å². The number of hydrogen-bond donors (Lipinski definition) is 1. The largest absolute Gasteiger partial charge is 0.466 e. The summed E-state index contributed by atoms with van der Waals surface area (Å²) in [5.74, 6) is -0.332. The topological polar surface area (TPSA) is 86.3 Å². The number of hydrogen-bond acceptors (Lipinski definition) is 8. The fourth-order valence-electron chi connectivity index (χ4n) is 2.32. The summed E-state index contributed by atoms with van der Waals surface area (Å²) in [6, 6.07) is 0. The van der Waals surface area contributed by atoms with Crippen molar-refractivity contribution in [3.05, 3.63) is 0 Å². The van der Waals surface area contributed by atoms with Gasteiger partial charge in [-0.05, 0) is 39.7 Å². The molecule has 0 aliphatic rings. The van der Waals surface area contributed by atoms with E-state index in [1.54, 1.807) is 7.11 Å². The number of nitrogens with zero attached hydrogens (tertiary/aromatic N) is 1. The van der Waals surface area contributed by atoms with E-state index in [0.29, 0.717) is 59.0 Å². The molecule has 8 heteroatoms. The molecule has 0 bridgehead atoms. The Labute approximate surface area is 170 Å². The monoisotopic (exact) mass is 404 g/mol. The fourth-order valence-corrected chi connectivity index (χ4v) is 2.32. The van der Waals surface area contributed by atoms with Gasteiger partial charge in [-0.1, -0.05) is 0 Å². The minimum atomic E-state index is -0.173. The summed E-state index contributed by atoms with van der Waals surface area (Å²) < 4.78 is 20.6. The molecule has 0 aliphatic carbocycles. The van der Waals surface area contributed by atoms with Gasteiger partial charge >= 0.3 is 11.9 Å². The number of rotatable bonds is 20. The van der Waals surface area contributed by atoms with Crippen LogP contribution in [0.2, 0.25) is 0 Å². The Morgan fingerprint density at radius 3 is 2.07 bits per heavy atom. The average molecular weight is 405 g/mol. The molecule has 0 fully saturated rings. The van der Waals surface area contributed by atoms with Gasteiger partial charge < -0.3 is 29.2 Å². The quantitative estimate of drug-likeness (QED) is 0.242. The van der Waals surface area contributed by atoms with Crippen LogP contribution < -0.4 is 5.32 Å². The smallest absolute Gasteiger partial charge is 0.307 e. The van der Waals surface area contributed by atoms with E-state index in [-0.39, 0.29) is 11.9 Å². The lowest BCUT2D eigenvalue weighted by atomic mass is 10.2. The highest BCUT2D eigenvalue weighted by Gasteiger charge is 2.06. The number of carbonyl (C=O) groups excluding carboxylic acids is 2. The number of nitrogens with one attached hydrogen (secondary N) is 1. The number of methoxy groups -OCH3 is 1. The van der Waals surface area contributed by atoms with Crippen LogP contribution in [0.3, 0.4) is 0 Å². The van der Waals surface area contributed by atoms with Crippen molar-refractivity contribution in [2.75, 3.05) is 73.4 Å². The molecule has 0 spiro atoms.